The summed E-state index contributed by atoms with van der Waals surface area (Å²) >= 11 is 0. The Morgan fingerprint density at radius 1 is 1.33 bits per heavy atom. The quantitative estimate of drug-likeness (QED) is 0.815. The Bertz CT molecular complexity index is 291. The Morgan fingerprint density at radius 3 is 2.80 bits per heavy atom. The topological polar surface area (TPSA) is 21.3 Å². The minimum absolute atomic E-state index is 0.0219. The molecule has 1 N–H and O–H groups in total. The summed E-state index contributed by atoms with van der Waals surface area (Å²) in [5.41, 5.74) is 1.42. The van der Waals surface area contributed by atoms with E-state index in [4.69, 9.17) is 4.74 Å². The molecule has 0 aromatic heterocycles. The summed E-state index contributed by atoms with van der Waals surface area (Å²) in [7, 11) is 0. The van der Waals surface area contributed by atoms with Crippen molar-refractivity contribution in [3.05, 3.63) is 35.9 Å². The van der Waals surface area contributed by atoms with E-state index in [1.54, 1.807) is 0 Å². The van der Waals surface area contributed by atoms with Crippen molar-refractivity contribution in [1.29, 1.82) is 0 Å². The molecule has 0 amide bonds. The summed E-state index contributed by atoms with van der Waals surface area (Å²) in [6, 6.07) is 10.6. The summed E-state index contributed by atoms with van der Waals surface area (Å²) in [5.74, 6) is 0. The molecule has 2 nitrogen and oxygen atoms in total. The molecule has 0 spiro atoms. The number of ether oxygens (including phenoxy) is 1. The van der Waals surface area contributed by atoms with Crippen molar-refractivity contribution in [3.8, 4) is 0 Å². The Hall–Kier alpha value is -0.860. The van der Waals surface area contributed by atoms with Crippen LogP contribution in [0.4, 0.5) is 0 Å². The molecule has 0 aliphatic carbocycles. The summed E-state index contributed by atoms with van der Waals surface area (Å²) in [4.78, 5) is 0. The molecule has 2 heteroatoms. The van der Waals surface area contributed by atoms with Gasteiger partial charge in [0.25, 0.3) is 0 Å². The van der Waals surface area contributed by atoms with Crippen LogP contribution in [0.25, 0.3) is 0 Å². The van der Waals surface area contributed by atoms with E-state index in [1.807, 2.05) is 0 Å². The third-order valence-electron chi connectivity index (χ3n) is 3.01. The highest BCUT2D eigenvalue weighted by molar-refractivity contribution is 5.15. The predicted molar refractivity (Wildman–Crippen MR) is 62.0 cm³/mol. The average molecular weight is 205 g/mol. The van der Waals surface area contributed by atoms with Gasteiger partial charge in [0, 0.05) is 13.1 Å². The van der Waals surface area contributed by atoms with E-state index in [0.29, 0.717) is 0 Å². The molecule has 1 saturated heterocycles. The normalized spacial score (nSPS) is 26.5. The van der Waals surface area contributed by atoms with Crippen molar-refractivity contribution in [2.24, 2.45) is 0 Å². The highest BCUT2D eigenvalue weighted by Gasteiger charge is 2.26. The summed E-state index contributed by atoms with van der Waals surface area (Å²) in [6.07, 6.45) is 2.18. The zero-order valence-electron chi connectivity index (χ0n) is 9.33. The lowest BCUT2D eigenvalue weighted by molar-refractivity contribution is -0.0573. The molecule has 82 valence electrons. The average Bonchev–Trinajstić information content (AvgIpc) is 2.29. The standard InChI is InChI=1S/C13H19NO/c1-13(11-14-9-10-15-13)8-7-12-5-3-2-4-6-12/h2-6,14H,7-11H2,1H3. The molecule has 1 aromatic rings. The van der Waals surface area contributed by atoms with E-state index in [-0.39, 0.29) is 5.60 Å². The first-order chi connectivity index (χ1) is 7.29. The van der Waals surface area contributed by atoms with Crippen LogP contribution >= 0.6 is 0 Å². The number of nitrogens with one attached hydrogen (secondary N) is 1. The third kappa shape index (κ3) is 3.05. The van der Waals surface area contributed by atoms with E-state index in [9.17, 15) is 0 Å². The fourth-order valence-electron chi connectivity index (χ4n) is 1.99. The number of benzene rings is 1. The summed E-state index contributed by atoms with van der Waals surface area (Å²) in [6.45, 7) is 4.99. The number of morpholine rings is 1. The van der Waals surface area contributed by atoms with Crippen molar-refractivity contribution < 1.29 is 4.74 Å². The Kier molecular flexibility index (Phi) is 3.39. The number of rotatable bonds is 3. The van der Waals surface area contributed by atoms with Crippen molar-refractivity contribution in [3.63, 3.8) is 0 Å². The lowest BCUT2D eigenvalue weighted by Crippen LogP contribution is -2.47. The molecule has 1 aliphatic rings. The maximum atomic E-state index is 5.82. The Morgan fingerprint density at radius 2 is 2.13 bits per heavy atom. The lowest BCUT2D eigenvalue weighted by Gasteiger charge is -2.34. The van der Waals surface area contributed by atoms with Gasteiger partial charge in [0.15, 0.2) is 0 Å². The van der Waals surface area contributed by atoms with E-state index >= 15 is 0 Å². The molecule has 15 heavy (non-hydrogen) atoms. The van der Waals surface area contributed by atoms with Gasteiger partial charge in [0.05, 0.1) is 12.2 Å². The van der Waals surface area contributed by atoms with Gasteiger partial charge in [-0.15, -0.1) is 0 Å². The summed E-state index contributed by atoms with van der Waals surface area (Å²) in [5, 5.41) is 3.39. The van der Waals surface area contributed by atoms with Crippen molar-refractivity contribution >= 4 is 0 Å². The van der Waals surface area contributed by atoms with Crippen LogP contribution in [0.3, 0.4) is 0 Å². The first-order valence-electron chi connectivity index (χ1n) is 5.67. The smallest absolute Gasteiger partial charge is 0.0782 e. The zero-order valence-corrected chi connectivity index (χ0v) is 9.33. The van der Waals surface area contributed by atoms with Crippen LogP contribution in [0.15, 0.2) is 30.3 Å². The Labute approximate surface area is 91.6 Å². The Balaban J connectivity index is 1.87. The maximum Gasteiger partial charge on any atom is 0.0782 e. The van der Waals surface area contributed by atoms with Gasteiger partial charge in [-0.2, -0.15) is 0 Å². The highest BCUT2D eigenvalue weighted by Crippen LogP contribution is 2.19. The van der Waals surface area contributed by atoms with Crippen molar-refractivity contribution in [2.45, 2.75) is 25.4 Å². The fraction of sp³-hybridized carbons (Fsp3) is 0.538. The van der Waals surface area contributed by atoms with Crippen LogP contribution < -0.4 is 5.32 Å². The molecule has 1 aliphatic heterocycles. The molecule has 1 unspecified atom stereocenters. The molecule has 0 radical (unpaired) electrons. The second-order valence-corrected chi connectivity index (χ2v) is 4.46. The fourth-order valence-corrected chi connectivity index (χ4v) is 1.99. The van der Waals surface area contributed by atoms with Crippen LogP contribution in [-0.4, -0.2) is 25.3 Å². The predicted octanol–water partition coefficient (Wildman–Crippen LogP) is 2.00. The molecule has 0 saturated carbocycles. The van der Waals surface area contributed by atoms with Crippen LogP contribution in [0, 0.1) is 0 Å². The van der Waals surface area contributed by atoms with E-state index in [2.05, 4.69) is 42.6 Å². The summed E-state index contributed by atoms with van der Waals surface area (Å²) < 4.78 is 5.82. The molecule has 1 fully saturated rings. The van der Waals surface area contributed by atoms with Gasteiger partial charge in [0.1, 0.15) is 0 Å². The molecule has 2 rings (SSSR count). The molecular weight excluding hydrogens is 186 g/mol. The largest absolute Gasteiger partial charge is 0.373 e. The molecule has 1 atom stereocenters. The van der Waals surface area contributed by atoms with Gasteiger partial charge in [-0.25, -0.2) is 0 Å². The first-order valence-corrected chi connectivity index (χ1v) is 5.67. The van der Waals surface area contributed by atoms with Crippen molar-refractivity contribution in [2.75, 3.05) is 19.7 Å². The van der Waals surface area contributed by atoms with Gasteiger partial charge in [-0.05, 0) is 25.3 Å². The third-order valence-corrected chi connectivity index (χ3v) is 3.01. The maximum absolute atomic E-state index is 5.82. The van der Waals surface area contributed by atoms with Gasteiger partial charge in [0.2, 0.25) is 0 Å². The second kappa shape index (κ2) is 4.77. The van der Waals surface area contributed by atoms with E-state index < -0.39 is 0 Å². The van der Waals surface area contributed by atoms with Gasteiger partial charge in [-0.3, -0.25) is 0 Å². The van der Waals surface area contributed by atoms with Crippen LogP contribution in [0.1, 0.15) is 18.9 Å². The SMILES string of the molecule is CC1(CCc2ccccc2)CNCCO1. The van der Waals surface area contributed by atoms with Gasteiger partial charge in [-0.1, -0.05) is 30.3 Å². The van der Waals surface area contributed by atoms with Crippen LogP contribution in [0.5, 0.6) is 0 Å². The lowest BCUT2D eigenvalue weighted by atomic mass is 9.95. The molecule has 1 aromatic carbocycles. The molecule has 0 bridgehead atoms. The zero-order chi connectivity index (χ0) is 10.6. The van der Waals surface area contributed by atoms with Gasteiger partial charge < -0.3 is 10.1 Å². The van der Waals surface area contributed by atoms with E-state index in [1.165, 1.54) is 5.56 Å². The second-order valence-electron chi connectivity index (χ2n) is 4.46. The van der Waals surface area contributed by atoms with Gasteiger partial charge >= 0.3 is 0 Å². The monoisotopic (exact) mass is 205 g/mol. The molecular formula is C13H19NO. The van der Waals surface area contributed by atoms with E-state index in [0.717, 1.165) is 32.5 Å². The number of aryl methyl sites for hydroxylation is 1. The number of hydrogen-bond acceptors (Lipinski definition) is 2. The van der Waals surface area contributed by atoms with Crippen LogP contribution in [-0.2, 0) is 11.2 Å². The molecule has 1 heterocycles. The van der Waals surface area contributed by atoms with Crippen molar-refractivity contribution in [1.82, 2.24) is 5.32 Å². The number of hydrogen-bond donors (Lipinski definition) is 1. The highest BCUT2D eigenvalue weighted by atomic mass is 16.5. The minimum atomic E-state index is 0.0219. The minimum Gasteiger partial charge on any atom is -0.373 e. The van der Waals surface area contributed by atoms with Crippen LogP contribution in [0.2, 0.25) is 0 Å². The first kappa shape index (κ1) is 10.7.